The van der Waals surface area contributed by atoms with Crippen molar-refractivity contribution in [2.75, 3.05) is 26.2 Å². The number of aromatic nitrogens is 2. The normalized spacial score (nSPS) is 25.4. The summed E-state index contributed by atoms with van der Waals surface area (Å²) in [6.45, 7) is 5.26. The molecule has 0 radical (unpaired) electrons. The van der Waals surface area contributed by atoms with Gasteiger partial charge in [0.25, 0.3) is 5.89 Å². The van der Waals surface area contributed by atoms with Crippen LogP contribution in [0, 0.1) is 11.8 Å². The maximum Gasteiger partial charge on any atom is 0.259 e. The van der Waals surface area contributed by atoms with Crippen LogP contribution in [0.1, 0.15) is 5.82 Å². The lowest BCUT2D eigenvalue weighted by atomic mass is 10.0. The molecule has 2 fully saturated rings. The first-order valence-corrected chi connectivity index (χ1v) is 7.68. The third-order valence-electron chi connectivity index (χ3n) is 4.40. The van der Waals surface area contributed by atoms with Crippen molar-refractivity contribution in [3.63, 3.8) is 0 Å². The van der Waals surface area contributed by atoms with Gasteiger partial charge in [0.05, 0.1) is 17.1 Å². The molecule has 2 aliphatic heterocycles. The van der Waals surface area contributed by atoms with Crippen LogP contribution in [0.25, 0.3) is 11.5 Å². The van der Waals surface area contributed by atoms with E-state index < -0.39 is 0 Å². The average Bonchev–Trinajstić information content (AvgIpc) is 3.15. The van der Waals surface area contributed by atoms with Crippen molar-refractivity contribution < 1.29 is 4.52 Å². The molecule has 4 rings (SSSR count). The van der Waals surface area contributed by atoms with Crippen LogP contribution < -0.4 is 5.32 Å². The maximum absolute atomic E-state index is 6.16. The minimum absolute atomic E-state index is 0.497. The predicted octanol–water partition coefficient (Wildman–Crippen LogP) is 2.04. The molecule has 1 aromatic carbocycles. The Balaban J connectivity index is 1.47. The average molecular weight is 305 g/mol. The second-order valence-electron chi connectivity index (χ2n) is 5.87. The molecule has 6 heteroatoms. The Morgan fingerprint density at radius 2 is 2.00 bits per heavy atom. The number of likely N-dealkylation sites (tertiary alicyclic amines) is 1. The third-order valence-corrected chi connectivity index (χ3v) is 4.73. The summed E-state index contributed by atoms with van der Waals surface area (Å²) in [5.74, 6) is 2.79. The van der Waals surface area contributed by atoms with E-state index in [9.17, 15) is 0 Å². The Bertz CT molecular complexity index is 632. The summed E-state index contributed by atoms with van der Waals surface area (Å²) >= 11 is 6.16. The Morgan fingerprint density at radius 1 is 1.24 bits per heavy atom. The van der Waals surface area contributed by atoms with Gasteiger partial charge in [-0.15, -0.1) is 0 Å². The Labute approximate surface area is 128 Å². The molecule has 2 aliphatic rings. The van der Waals surface area contributed by atoms with Crippen molar-refractivity contribution in [2.45, 2.75) is 6.54 Å². The van der Waals surface area contributed by atoms with Crippen LogP contribution in [0.3, 0.4) is 0 Å². The number of nitrogens with zero attached hydrogens (tertiary/aromatic N) is 3. The molecule has 2 unspecified atom stereocenters. The maximum atomic E-state index is 6.16. The SMILES string of the molecule is Clc1ccccc1-c1nc(CN2CC3CNCC3C2)no1. The summed E-state index contributed by atoms with van der Waals surface area (Å²) < 4.78 is 5.35. The number of benzene rings is 1. The van der Waals surface area contributed by atoms with Gasteiger partial charge in [-0.2, -0.15) is 4.98 Å². The van der Waals surface area contributed by atoms with Crippen molar-refractivity contribution in [3.8, 4) is 11.5 Å². The minimum Gasteiger partial charge on any atom is -0.334 e. The molecule has 1 N–H and O–H groups in total. The molecular weight excluding hydrogens is 288 g/mol. The van der Waals surface area contributed by atoms with E-state index in [1.807, 2.05) is 24.3 Å². The molecule has 110 valence electrons. The zero-order valence-electron chi connectivity index (χ0n) is 11.6. The highest BCUT2D eigenvalue weighted by Gasteiger charge is 2.36. The first-order valence-electron chi connectivity index (χ1n) is 7.30. The van der Waals surface area contributed by atoms with E-state index in [-0.39, 0.29) is 0 Å². The topological polar surface area (TPSA) is 54.2 Å². The van der Waals surface area contributed by atoms with Gasteiger partial charge in [0.2, 0.25) is 0 Å². The molecule has 0 saturated carbocycles. The van der Waals surface area contributed by atoms with E-state index in [0.29, 0.717) is 10.9 Å². The van der Waals surface area contributed by atoms with Gasteiger partial charge in [-0.3, -0.25) is 4.90 Å². The number of nitrogens with one attached hydrogen (secondary N) is 1. The largest absolute Gasteiger partial charge is 0.334 e. The minimum atomic E-state index is 0.497. The first-order chi connectivity index (χ1) is 10.3. The summed E-state index contributed by atoms with van der Waals surface area (Å²) in [6, 6.07) is 7.53. The van der Waals surface area contributed by atoms with E-state index in [1.54, 1.807) is 0 Å². The van der Waals surface area contributed by atoms with Gasteiger partial charge in [0.15, 0.2) is 5.82 Å². The van der Waals surface area contributed by atoms with Crippen LogP contribution in [0.5, 0.6) is 0 Å². The fourth-order valence-electron chi connectivity index (χ4n) is 3.34. The van der Waals surface area contributed by atoms with E-state index in [1.165, 1.54) is 0 Å². The number of fused-ring (bicyclic) bond motifs is 1. The number of rotatable bonds is 3. The summed E-state index contributed by atoms with van der Waals surface area (Å²) in [5, 5.41) is 8.17. The van der Waals surface area contributed by atoms with Crippen molar-refractivity contribution >= 4 is 11.6 Å². The van der Waals surface area contributed by atoms with Crippen molar-refractivity contribution in [1.82, 2.24) is 20.4 Å². The standard InChI is InChI=1S/C15H17ClN4O/c16-13-4-2-1-3-12(13)15-18-14(19-21-15)9-20-7-10-5-17-6-11(10)8-20/h1-4,10-11,17H,5-9H2. The van der Waals surface area contributed by atoms with Gasteiger partial charge < -0.3 is 9.84 Å². The number of hydrogen-bond acceptors (Lipinski definition) is 5. The molecule has 0 bridgehead atoms. The van der Waals surface area contributed by atoms with Crippen LogP contribution in [0.15, 0.2) is 28.8 Å². The second kappa shape index (κ2) is 5.40. The van der Waals surface area contributed by atoms with Crippen LogP contribution in [0.4, 0.5) is 0 Å². The fraction of sp³-hybridized carbons (Fsp3) is 0.467. The first kappa shape index (κ1) is 13.2. The smallest absolute Gasteiger partial charge is 0.259 e. The summed E-state index contributed by atoms with van der Waals surface area (Å²) in [5.41, 5.74) is 0.792. The quantitative estimate of drug-likeness (QED) is 0.940. The molecule has 0 spiro atoms. The lowest BCUT2D eigenvalue weighted by Crippen LogP contribution is -2.25. The van der Waals surface area contributed by atoms with Crippen LogP contribution in [-0.2, 0) is 6.54 Å². The molecule has 3 heterocycles. The zero-order valence-corrected chi connectivity index (χ0v) is 12.4. The van der Waals surface area contributed by atoms with Gasteiger partial charge in [-0.05, 0) is 37.1 Å². The van der Waals surface area contributed by atoms with E-state index >= 15 is 0 Å². The second-order valence-corrected chi connectivity index (χ2v) is 6.28. The molecule has 0 aliphatic carbocycles. The van der Waals surface area contributed by atoms with Crippen LogP contribution in [0.2, 0.25) is 5.02 Å². The molecule has 0 amide bonds. The highest BCUT2D eigenvalue weighted by molar-refractivity contribution is 6.33. The predicted molar refractivity (Wildman–Crippen MR) is 79.9 cm³/mol. The molecule has 2 saturated heterocycles. The fourth-order valence-corrected chi connectivity index (χ4v) is 3.56. The van der Waals surface area contributed by atoms with E-state index in [0.717, 1.165) is 55.9 Å². The molecule has 1 aromatic heterocycles. The monoisotopic (exact) mass is 304 g/mol. The molecule has 5 nitrogen and oxygen atoms in total. The Morgan fingerprint density at radius 3 is 2.76 bits per heavy atom. The molecule has 21 heavy (non-hydrogen) atoms. The Hall–Kier alpha value is -1.43. The lowest BCUT2D eigenvalue weighted by Gasteiger charge is -2.13. The van der Waals surface area contributed by atoms with Crippen LogP contribution in [-0.4, -0.2) is 41.2 Å². The highest BCUT2D eigenvalue weighted by atomic mass is 35.5. The molecule has 2 atom stereocenters. The van der Waals surface area contributed by atoms with E-state index in [4.69, 9.17) is 16.1 Å². The summed E-state index contributed by atoms with van der Waals surface area (Å²) in [6.07, 6.45) is 0. The lowest BCUT2D eigenvalue weighted by molar-refractivity contribution is 0.291. The molecular formula is C15H17ClN4O. The van der Waals surface area contributed by atoms with Gasteiger partial charge in [-0.1, -0.05) is 28.9 Å². The van der Waals surface area contributed by atoms with E-state index in [2.05, 4.69) is 20.4 Å². The van der Waals surface area contributed by atoms with Crippen LogP contribution >= 0.6 is 11.6 Å². The Kier molecular flexibility index (Phi) is 3.41. The van der Waals surface area contributed by atoms with Gasteiger partial charge >= 0.3 is 0 Å². The van der Waals surface area contributed by atoms with Gasteiger partial charge in [0, 0.05) is 13.1 Å². The van der Waals surface area contributed by atoms with Crippen molar-refractivity contribution in [2.24, 2.45) is 11.8 Å². The summed E-state index contributed by atoms with van der Waals surface area (Å²) in [4.78, 5) is 6.89. The molecule has 2 aromatic rings. The number of hydrogen-bond donors (Lipinski definition) is 1. The van der Waals surface area contributed by atoms with Crippen molar-refractivity contribution in [1.29, 1.82) is 0 Å². The summed E-state index contributed by atoms with van der Waals surface area (Å²) in [7, 11) is 0. The van der Waals surface area contributed by atoms with Gasteiger partial charge in [0.1, 0.15) is 0 Å². The van der Waals surface area contributed by atoms with Gasteiger partial charge in [-0.25, -0.2) is 0 Å². The zero-order chi connectivity index (χ0) is 14.2. The highest BCUT2D eigenvalue weighted by Crippen LogP contribution is 2.28. The third kappa shape index (κ3) is 2.57. The van der Waals surface area contributed by atoms with Crippen molar-refractivity contribution in [3.05, 3.63) is 35.1 Å². The number of halogens is 1.